The average Bonchev–Trinajstić information content (AvgIpc) is 2.40. The maximum Gasteiger partial charge on any atom is 0.339 e. The first-order chi connectivity index (χ1) is 8.31. The van der Waals surface area contributed by atoms with Crippen LogP contribution >= 0.6 is 0 Å². The van der Waals surface area contributed by atoms with Crippen LogP contribution in [0.2, 0.25) is 0 Å². The minimum atomic E-state index is -0.391. The summed E-state index contributed by atoms with van der Waals surface area (Å²) in [5.74, 6) is -0.391. The third kappa shape index (κ3) is 2.63. The average molecular weight is 229 g/mol. The summed E-state index contributed by atoms with van der Waals surface area (Å²) >= 11 is 0. The lowest BCUT2D eigenvalue weighted by Crippen LogP contribution is -2.06. The van der Waals surface area contributed by atoms with Gasteiger partial charge in [0.2, 0.25) is 0 Å². The smallest absolute Gasteiger partial charge is 0.339 e. The van der Waals surface area contributed by atoms with Crippen LogP contribution in [0, 0.1) is 0 Å². The van der Waals surface area contributed by atoms with E-state index in [-0.39, 0.29) is 0 Å². The molecular formula is C12H11N3O2. The maximum atomic E-state index is 11.5. The molecule has 0 bridgehead atoms. The lowest BCUT2D eigenvalue weighted by Gasteiger charge is -2.03. The third-order valence-corrected chi connectivity index (χ3v) is 2.14. The largest absolute Gasteiger partial charge is 0.462 e. The zero-order valence-corrected chi connectivity index (χ0v) is 9.33. The van der Waals surface area contributed by atoms with Gasteiger partial charge >= 0.3 is 5.97 Å². The van der Waals surface area contributed by atoms with Crippen molar-refractivity contribution in [1.82, 2.24) is 15.2 Å². The topological polar surface area (TPSA) is 65.0 Å². The Labute approximate surface area is 98.5 Å². The van der Waals surface area contributed by atoms with E-state index in [0.29, 0.717) is 17.9 Å². The Hall–Kier alpha value is -2.30. The number of hydrogen-bond acceptors (Lipinski definition) is 5. The molecule has 2 aromatic rings. The number of carbonyl (C=O) groups excluding carboxylic acids is 1. The van der Waals surface area contributed by atoms with Crippen LogP contribution < -0.4 is 0 Å². The summed E-state index contributed by atoms with van der Waals surface area (Å²) in [5, 5.41) is 7.76. The van der Waals surface area contributed by atoms with Crippen LogP contribution in [-0.4, -0.2) is 27.8 Å². The number of hydrogen-bond donors (Lipinski definition) is 0. The molecule has 5 heteroatoms. The van der Waals surface area contributed by atoms with E-state index >= 15 is 0 Å². The highest BCUT2D eigenvalue weighted by Gasteiger charge is 2.09. The molecule has 0 radical (unpaired) electrons. The minimum Gasteiger partial charge on any atom is -0.462 e. The molecule has 0 unspecified atom stereocenters. The molecule has 17 heavy (non-hydrogen) atoms. The number of ether oxygens (including phenoxy) is 1. The summed E-state index contributed by atoms with van der Waals surface area (Å²) in [6.07, 6.45) is 4.71. The number of pyridine rings is 1. The van der Waals surface area contributed by atoms with Crippen LogP contribution in [0.1, 0.15) is 17.3 Å². The van der Waals surface area contributed by atoms with E-state index in [2.05, 4.69) is 15.2 Å². The minimum absolute atomic E-state index is 0.339. The van der Waals surface area contributed by atoms with Crippen LogP contribution in [0.5, 0.6) is 0 Å². The number of nitrogens with zero attached hydrogens (tertiary/aromatic N) is 3. The molecule has 0 N–H and O–H groups in total. The number of esters is 1. The normalized spacial score (nSPS) is 9.94. The molecule has 86 valence electrons. The summed E-state index contributed by atoms with van der Waals surface area (Å²) < 4.78 is 4.90. The molecule has 0 fully saturated rings. The van der Waals surface area contributed by atoms with Crippen LogP contribution in [0.15, 0.2) is 36.8 Å². The molecule has 2 heterocycles. The first-order valence-electron chi connectivity index (χ1n) is 5.21. The SMILES string of the molecule is CCOC(=O)c1cnnc(-c2ccncc2)c1. The van der Waals surface area contributed by atoms with E-state index in [1.807, 2.05) is 0 Å². The third-order valence-electron chi connectivity index (χ3n) is 2.14. The van der Waals surface area contributed by atoms with E-state index in [4.69, 9.17) is 4.74 Å². The zero-order chi connectivity index (χ0) is 12.1. The molecule has 0 aliphatic carbocycles. The first kappa shape index (κ1) is 11.2. The van der Waals surface area contributed by atoms with E-state index in [1.54, 1.807) is 37.5 Å². The molecule has 0 aliphatic rings. The summed E-state index contributed by atoms with van der Waals surface area (Å²) in [5.41, 5.74) is 1.88. The Bertz CT molecular complexity index is 514. The lowest BCUT2D eigenvalue weighted by atomic mass is 10.1. The van der Waals surface area contributed by atoms with Gasteiger partial charge in [0.05, 0.1) is 24.1 Å². The summed E-state index contributed by atoms with van der Waals surface area (Å²) in [6.45, 7) is 2.10. The highest BCUT2D eigenvalue weighted by Crippen LogP contribution is 2.15. The number of aromatic nitrogens is 3. The standard InChI is InChI=1S/C12H11N3O2/c1-2-17-12(16)10-7-11(15-14-8-10)9-3-5-13-6-4-9/h3-8H,2H2,1H3. The molecule has 0 aliphatic heterocycles. The van der Waals surface area contributed by atoms with Crippen LogP contribution in [0.3, 0.4) is 0 Å². The Morgan fingerprint density at radius 2 is 2.12 bits per heavy atom. The maximum absolute atomic E-state index is 11.5. The van der Waals surface area contributed by atoms with Crippen LogP contribution in [-0.2, 0) is 4.74 Å². The second kappa shape index (κ2) is 5.16. The van der Waals surface area contributed by atoms with E-state index in [1.165, 1.54) is 6.20 Å². The van der Waals surface area contributed by atoms with Gasteiger partial charge in [0, 0.05) is 18.0 Å². The molecule has 2 rings (SSSR count). The highest BCUT2D eigenvalue weighted by atomic mass is 16.5. The van der Waals surface area contributed by atoms with Crippen molar-refractivity contribution in [2.45, 2.75) is 6.92 Å². The zero-order valence-electron chi connectivity index (χ0n) is 9.33. The molecule has 5 nitrogen and oxygen atoms in total. The van der Waals surface area contributed by atoms with Gasteiger partial charge in [-0.25, -0.2) is 4.79 Å². The van der Waals surface area contributed by atoms with Crippen LogP contribution in [0.4, 0.5) is 0 Å². The number of carbonyl (C=O) groups is 1. The Morgan fingerprint density at radius 3 is 2.82 bits per heavy atom. The van der Waals surface area contributed by atoms with Crippen molar-refractivity contribution in [2.24, 2.45) is 0 Å². The molecule has 0 atom stereocenters. The van der Waals surface area contributed by atoms with Gasteiger partial charge in [0.1, 0.15) is 0 Å². The predicted molar refractivity (Wildman–Crippen MR) is 61.2 cm³/mol. The molecule has 0 spiro atoms. The molecule has 2 aromatic heterocycles. The highest BCUT2D eigenvalue weighted by molar-refractivity contribution is 5.90. The second-order valence-electron chi connectivity index (χ2n) is 3.29. The summed E-state index contributed by atoms with van der Waals surface area (Å²) in [6, 6.07) is 5.26. The molecule has 0 aromatic carbocycles. The van der Waals surface area contributed by atoms with Gasteiger partial charge < -0.3 is 4.74 Å². The van der Waals surface area contributed by atoms with Crippen molar-refractivity contribution in [3.8, 4) is 11.3 Å². The van der Waals surface area contributed by atoms with Crippen molar-refractivity contribution in [1.29, 1.82) is 0 Å². The second-order valence-corrected chi connectivity index (χ2v) is 3.29. The summed E-state index contributed by atoms with van der Waals surface area (Å²) in [4.78, 5) is 15.4. The van der Waals surface area contributed by atoms with Gasteiger partial charge in [-0.15, -0.1) is 0 Å². The first-order valence-corrected chi connectivity index (χ1v) is 5.21. The van der Waals surface area contributed by atoms with Crippen molar-refractivity contribution in [3.63, 3.8) is 0 Å². The van der Waals surface area contributed by atoms with E-state index in [9.17, 15) is 4.79 Å². The van der Waals surface area contributed by atoms with Gasteiger partial charge in [-0.05, 0) is 25.1 Å². The quantitative estimate of drug-likeness (QED) is 0.750. The monoisotopic (exact) mass is 229 g/mol. The molecular weight excluding hydrogens is 218 g/mol. The fourth-order valence-corrected chi connectivity index (χ4v) is 1.36. The molecule has 0 amide bonds. The lowest BCUT2D eigenvalue weighted by molar-refractivity contribution is 0.0525. The van der Waals surface area contributed by atoms with Crippen molar-refractivity contribution < 1.29 is 9.53 Å². The van der Waals surface area contributed by atoms with E-state index in [0.717, 1.165) is 5.56 Å². The van der Waals surface area contributed by atoms with Crippen molar-refractivity contribution >= 4 is 5.97 Å². The van der Waals surface area contributed by atoms with E-state index < -0.39 is 5.97 Å². The van der Waals surface area contributed by atoms with Gasteiger partial charge in [0.15, 0.2) is 0 Å². The van der Waals surface area contributed by atoms with Crippen molar-refractivity contribution in [2.75, 3.05) is 6.61 Å². The molecule has 0 saturated heterocycles. The Balaban J connectivity index is 2.32. The molecule has 0 saturated carbocycles. The Morgan fingerprint density at radius 1 is 1.35 bits per heavy atom. The predicted octanol–water partition coefficient (Wildman–Crippen LogP) is 1.72. The van der Waals surface area contributed by atoms with Gasteiger partial charge in [-0.2, -0.15) is 10.2 Å². The number of rotatable bonds is 3. The van der Waals surface area contributed by atoms with Gasteiger partial charge in [-0.3, -0.25) is 4.98 Å². The van der Waals surface area contributed by atoms with Gasteiger partial charge in [-0.1, -0.05) is 0 Å². The van der Waals surface area contributed by atoms with Crippen LogP contribution in [0.25, 0.3) is 11.3 Å². The van der Waals surface area contributed by atoms with Crippen molar-refractivity contribution in [3.05, 3.63) is 42.4 Å². The summed E-state index contributed by atoms with van der Waals surface area (Å²) in [7, 11) is 0. The fourth-order valence-electron chi connectivity index (χ4n) is 1.36. The van der Waals surface area contributed by atoms with Gasteiger partial charge in [0.25, 0.3) is 0 Å². The fraction of sp³-hybridized carbons (Fsp3) is 0.167. The Kier molecular flexibility index (Phi) is 3.40.